The van der Waals surface area contributed by atoms with Crippen molar-refractivity contribution in [1.82, 2.24) is 19.8 Å². The molecule has 44 heavy (non-hydrogen) atoms. The van der Waals surface area contributed by atoms with Gasteiger partial charge in [-0.25, -0.2) is 9.78 Å². The van der Waals surface area contributed by atoms with Crippen molar-refractivity contribution in [3.63, 3.8) is 0 Å². The molecule has 0 bridgehead atoms. The number of aliphatic hydroxyl groups excluding tert-OH is 1. The standard InChI is InChI=1S/C33H39N5O6/c1-22(39)21-37-13-9-24(10-14-37)23-4-6-25(7-5-23)32(40)36-31-19-27(8-12-35-31)44-30-18-26-11-15-38(33(41)34-2)28(26)20-29(30)43-17-16-42-3/h4-8,11-12,15,18-20,22,24,39H,9-10,13-14,16-17,21H2,1-3H3,(H,34,41)(H,35,36,40)/t22-/m1/s1. The van der Waals surface area contributed by atoms with E-state index in [4.69, 9.17) is 14.2 Å². The van der Waals surface area contributed by atoms with E-state index in [1.807, 2.05) is 37.3 Å². The Morgan fingerprint density at radius 1 is 1.05 bits per heavy atom. The fourth-order valence-corrected chi connectivity index (χ4v) is 5.45. The van der Waals surface area contributed by atoms with Gasteiger partial charge in [0.05, 0.1) is 18.2 Å². The number of carbonyl (C=O) groups excluding carboxylic acids is 2. The van der Waals surface area contributed by atoms with Gasteiger partial charge in [-0.15, -0.1) is 0 Å². The Hall–Kier alpha value is -4.45. The van der Waals surface area contributed by atoms with E-state index < -0.39 is 0 Å². The zero-order valence-electron chi connectivity index (χ0n) is 25.3. The molecule has 1 aliphatic rings. The third-order valence-electron chi connectivity index (χ3n) is 7.69. The maximum Gasteiger partial charge on any atom is 0.325 e. The van der Waals surface area contributed by atoms with Crippen LogP contribution in [-0.2, 0) is 4.74 Å². The molecule has 1 fully saturated rings. The quantitative estimate of drug-likeness (QED) is 0.208. The van der Waals surface area contributed by atoms with E-state index in [0.29, 0.717) is 53.2 Å². The lowest BCUT2D eigenvalue weighted by molar-refractivity contribution is 0.102. The van der Waals surface area contributed by atoms with E-state index in [1.54, 1.807) is 50.8 Å². The lowest BCUT2D eigenvalue weighted by Crippen LogP contribution is -2.37. The zero-order chi connectivity index (χ0) is 31.1. The van der Waals surface area contributed by atoms with Crippen LogP contribution in [0, 0.1) is 0 Å². The van der Waals surface area contributed by atoms with Crippen LogP contribution in [0.3, 0.4) is 0 Å². The van der Waals surface area contributed by atoms with Crippen LogP contribution in [0.1, 0.15) is 41.6 Å². The second-order valence-electron chi connectivity index (χ2n) is 10.9. The van der Waals surface area contributed by atoms with Crippen molar-refractivity contribution in [2.45, 2.75) is 31.8 Å². The minimum absolute atomic E-state index is 0.269. The Labute approximate surface area is 256 Å². The first-order valence-corrected chi connectivity index (χ1v) is 14.8. The molecule has 3 N–H and O–H groups in total. The molecule has 11 nitrogen and oxygen atoms in total. The van der Waals surface area contributed by atoms with Crippen LogP contribution in [0.25, 0.3) is 10.9 Å². The normalized spacial score (nSPS) is 14.7. The van der Waals surface area contributed by atoms with Crippen LogP contribution in [0.4, 0.5) is 10.6 Å². The number of rotatable bonds is 11. The number of β-amino-alcohol motifs (C(OH)–C–C–N with tert-alkyl or cyclic N) is 1. The van der Waals surface area contributed by atoms with Crippen molar-refractivity contribution >= 4 is 28.7 Å². The number of nitrogens with zero attached hydrogens (tertiary/aromatic N) is 3. The smallest absolute Gasteiger partial charge is 0.325 e. The molecule has 2 aromatic heterocycles. The number of nitrogens with one attached hydrogen (secondary N) is 2. The number of ether oxygens (including phenoxy) is 3. The highest BCUT2D eigenvalue weighted by Gasteiger charge is 2.22. The van der Waals surface area contributed by atoms with Gasteiger partial charge in [0.25, 0.3) is 5.91 Å². The highest BCUT2D eigenvalue weighted by molar-refractivity contribution is 6.03. The summed E-state index contributed by atoms with van der Waals surface area (Å²) >= 11 is 0. The number of likely N-dealkylation sites (tertiary alicyclic amines) is 1. The van der Waals surface area contributed by atoms with Crippen LogP contribution in [-0.4, -0.2) is 84.6 Å². The van der Waals surface area contributed by atoms with E-state index in [2.05, 4.69) is 20.5 Å². The Morgan fingerprint density at radius 3 is 2.52 bits per heavy atom. The number of fused-ring (bicyclic) bond motifs is 1. The molecule has 3 heterocycles. The summed E-state index contributed by atoms with van der Waals surface area (Å²) in [6.45, 7) is 5.11. The summed E-state index contributed by atoms with van der Waals surface area (Å²) in [5.74, 6) is 1.85. The number of methoxy groups -OCH3 is 1. The number of aliphatic hydroxyl groups is 1. The first-order chi connectivity index (χ1) is 21.3. The summed E-state index contributed by atoms with van der Waals surface area (Å²) in [5.41, 5.74) is 2.42. The Kier molecular flexibility index (Phi) is 10.1. The maximum absolute atomic E-state index is 13.1. The van der Waals surface area contributed by atoms with E-state index >= 15 is 0 Å². The van der Waals surface area contributed by atoms with Crippen LogP contribution >= 0.6 is 0 Å². The summed E-state index contributed by atoms with van der Waals surface area (Å²) in [5, 5.41) is 15.9. The van der Waals surface area contributed by atoms with Gasteiger partial charge in [0, 0.05) is 56.2 Å². The van der Waals surface area contributed by atoms with Crippen LogP contribution < -0.4 is 20.1 Å². The third kappa shape index (κ3) is 7.54. The number of anilines is 1. The van der Waals surface area contributed by atoms with Gasteiger partial charge in [-0.3, -0.25) is 9.36 Å². The molecule has 0 saturated carbocycles. The monoisotopic (exact) mass is 601 g/mol. The van der Waals surface area contributed by atoms with Gasteiger partial charge in [0.2, 0.25) is 0 Å². The van der Waals surface area contributed by atoms with Gasteiger partial charge in [-0.2, -0.15) is 0 Å². The number of benzene rings is 2. The Morgan fingerprint density at radius 2 is 1.82 bits per heavy atom. The molecule has 5 rings (SSSR count). The Bertz CT molecular complexity index is 1580. The molecule has 0 radical (unpaired) electrons. The SMILES string of the molecule is CNC(=O)n1ccc2cc(Oc3ccnc(NC(=O)c4ccc(C5CCN(C[C@@H](C)O)CC5)cc4)c3)c(OCCOC)cc21. The fraction of sp³-hybridized carbons (Fsp3) is 0.364. The van der Waals surface area contributed by atoms with Gasteiger partial charge < -0.3 is 34.9 Å². The van der Waals surface area contributed by atoms with Crippen LogP contribution in [0.2, 0.25) is 0 Å². The lowest BCUT2D eigenvalue weighted by atomic mass is 9.89. The third-order valence-corrected chi connectivity index (χ3v) is 7.69. The molecule has 11 heteroatoms. The van der Waals surface area contributed by atoms with Gasteiger partial charge in [0.1, 0.15) is 18.2 Å². The van der Waals surface area contributed by atoms with E-state index in [1.165, 1.54) is 10.1 Å². The lowest BCUT2D eigenvalue weighted by Gasteiger charge is -2.32. The topological polar surface area (TPSA) is 127 Å². The highest BCUT2D eigenvalue weighted by Crippen LogP contribution is 2.37. The highest BCUT2D eigenvalue weighted by atomic mass is 16.5. The molecule has 1 aliphatic heterocycles. The minimum atomic E-state index is -0.317. The molecule has 1 saturated heterocycles. The predicted molar refractivity (Wildman–Crippen MR) is 168 cm³/mol. The van der Waals surface area contributed by atoms with E-state index in [9.17, 15) is 14.7 Å². The number of hydrogen-bond donors (Lipinski definition) is 3. The number of carbonyl (C=O) groups is 2. The number of aromatic nitrogens is 2. The first-order valence-electron chi connectivity index (χ1n) is 14.8. The average Bonchev–Trinajstić information content (AvgIpc) is 3.44. The molecule has 2 aromatic carbocycles. The largest absolute Gasteiger partial charge is 0.487 e. The second kappa shape index (κ2) is 14.3. The summed E-state index contributed by atoms with van der Waals surface area (Å²) in [4.78, 5) is 32.0. The van der Waals surface area contributed by atoms with Crippen molar-refractivity contribution < 1.29 is 28.9 Å². The van der Waals surface area contributed by atoms with Gasteiger partial charge >= 0.3 is 6.03 Å². The average molecular weight is 602 g/mol. The molecule has 232 valence electrons. The summed E-state index contributed by atoms with van der Waals surface area (Å²) in [7, 11) is 3.16. The second-order valence-corrected chi connectivity index (χ2v) is 10.9. The maximum atomic E-state index is 13.1. The molecule has 0 spiro atoms. The number of piperidine rings is 1. The zero-order valence-corrected chi connectivity index (χ0v) is 25.3. The van der Waals surface area contributed by atoms with Crippen molar-refractivity contribution in [2.75, 3.05) is 52.3 Å². The molecule has 2 amide bonds. The van der Waals surface area contributed by atoms with Crippen LogP contribution in [0.15, 0.2) is 67.0 Å². The molecular weight excluding hydrogens is 562 g/mol. The van der Waals surface area contributed by atoms with Crippen molar-refractivity contribution in [3.8, 4) is 17.2 Å². The summed E-state index contributed by atoms with van der Waals surface area (Å²) < 4.78 is 18.7. The fourth-order valence-electron chi connectivity index (χ4n) is 5.45. The number of hydrogen-bond acceptors (Lipinski definition) is 8. The summed E-state index contributed by atoms with van der Waals surface area (Å²) in [6.07, 6.45) is 4.98. The predicted octanol–water partition coefficient (Wildman–Crippen LogP) is 4.85. The first kappa shape index (κ1) is 31.0. The molecule has 0 aliphatic carbocycles. The van der Waals surface area contributed by atoms with Gasteiger partial charge in [-0.1, -0.05) is 12.1 Å². The molecule has 1 atom stereocenters. The molecule has 0 unspecified atom stereocenters. The molecule has 4 aromatic rings. The van der Waals surface area contributed by atoms with Gasteiger partial charge in [0.15, 0.2) is 11.5 Å². The van der Waals surface area contributed by atoms with Gasteiger partial charge in [-0.05, 0) is 74.7 Å². The van der Waals surface area contributed by atoms with E-state index in [-0.39, 0.29) is 24.6 Å². The number of pyridine rings is 1. The summed E-state index contributed by atoms with van der Waals surface area (Å²) in [6, 6.07) is 16.2. The Balaban J connectivity index is 1.26. The molecular formula is C33H39N5O6. The number of amides is 2. The minimum Gasteiger partial charge on any atom is -0.487 e. The van der Waals surface area contributed by atoms with Crippen molar-refractivity contribution in [2.24, 2.45) is 0 Å². The van der Waals surface area contributed by atoms with Crippen molar-refractivity contribution in [1.29, 1.82) is 0 Å². The van der Waals surface area contributed by atoms with E-state index in [0.717, 1.165) is 31.3 Å². The van der Waals surface area contributed by atoms with Crippen molar-refractivity contribution in [3.05, 3.63) is 78.1 Å². The van der Waals surface area contributed by atoms with Crippen LogP contribution in [0.5, 0.6) is 17.2 Å².